The molecule has 0 unspecified atom stereocenters. The molecule has 0 radical (unpaired) electrons. The molecule has 0 aliphatic heterocycles. The minimum atomic E-state index is -0.452. The lowest BCUT2D eigenvalue weighted by Crippen LogP contribution is -2.08. The van der Waals surface area contributed by atoms with Crippen LogP contribution < -0.4 is 5.32 Å². The van der Waals surface area contributed by atoms with Gasteiger partial charge in [0.05, 0.1) is 10.7 Å². The van der Waals surface area contributed by atoms with Crippen LogP contribution in [0.3, 0.4) is 0 Å². The number of halogens is 2. The van der Waals surface area contributed by atoms with Gasteiger partial charge in [-0.3, -0.25) is 0 Å². The van der Waals surface area contributed by atoms with E-state index in [-0.39, 0.29) is 22.3 Å². The average Bonchev–Trinajstić information content (AvgIpc) is 2.43. The van der Waals surface area contributed by atoms with Crippen LogP contribution in [0.25, 0.3) is 11.4 Å². The molecule has 1 heterocycles. The SMILES string of the molecule is CCCNc1nc(-c2ccc(O)c(Cl)c2)nc(C)c1F. The zero-order valence-corrected chi connectivity index (χ0v) is 12.0. The van der Waals surface area contributed by atoms with Gasteiger partial charge in [0.1, 0.15) is 5.75 Å². The maximum absolute atomic E-state index is 13.9. The van der Waals surface area contributed by atoms with Crippen LogP contribution in [-0.2, 0) is 0 Å². The van der Waals surface area contributed by atoms with Gasteiger partial charge in [-0.1, -0.05) is 18.5 Å². The lowest BCUT2D eigenvalue weighted by atomic mass is 10.2. The van der Waals surface area contributed by atoms with Gasteiger partial charge in [-0.15, -0.1) is 0 Å². The van der Waals surface area contributed by atoms with Crippen LogP contribution in [-0.4, -0.2) is 21.6 Å². The Labute approximate surface area is 121 Å². The molecule has 2 N–H and O–H groups in total. The number of hydrogen-bond donors (Lipinski definition) is 2. The Morgan fingerprint density at radius 3 is 2.75 bits per heavy atom. The number of anilines is 1. The summed E-state index contributed by atoms with van der Waals surface area (Å²) in [5, 5.41) is 12.6. The summed E-state index contributed by atoms with van der Waals surface area (Å²) in [6.07, 6.45) is 0.864. The van der Waals surface area contributed by atoms with Crippen molar-refractivity contribution in [3.8, 4) is 17.1 Å². The van der Waals surface area contributed by atoms with E-state index < -0.39 is 5.82 Å². The molecule has 0 spiro atoms. The summed E-state index contributed by atoms with van der Waals surface area (Å²) in [5.41, 5.74) is 0.883. The molecule has 2 rings (SSSR count). The summed E-state index contributed by atoms with van der Waals surface area (Å²) < 4.78 is 13.9. The van der Waals surface area contributed by atoms with E-state index in [0.717, 1.165) is 6.42 Å². The third-order valence-corrected chi connectivity index (χ3v) is 3.07. The highest BCUT2D eigenvalue weighted by Gasteiger charge is 2.13. The summed E-state index contributed by atoms with van der Waals surface area (Å²) in [4.78, 5) is 8.29. The van der Waals surface area contributed by atoms with Crippen molar-refractivity contribution in [1.82, 2.24) is 9.97 Å². The summed E-state index contributed by atoms with van der Waals surface area (Å²) in [5.74, 6) is 0.0774. The third kappa shape index (κ3) is 2.99. The van der Waals surface area contributed by atoms with Gasteiger partial charge >= 0.3 is 0 Å². The normalized spacial score (nSPS) is 10.6. The second-order valence-corrected chi connectivity index (χ2v) is 4.80. The van der Waals surface area contributed by atoms with E-state index >= 15 is 0 Å². The van der Waals surface area contributed by atoms with Crippen LogP contribution in [0.15, 0.2) is 18.2 Å². The highest BCUT2D eigenvalue weighted by molar-refractivity contribution is 6.32. The zero-order valence-electron chi connectivity index (χ0n) is 11.2. The first-order valence-electron chi connectivity index (χ1n) is 6.29. The number of benzene rings is 1. The Balaban J connectivity index is 2.45. The van der Waals surface area contributed by atoms with Gasteiger partial charge < -0.3 is 10.4 Å². The third-order valence-electron chi connectivity index (χ3n) is 2.77. The molecule has 0 atom stereocenters. The predicted octanol–water partition coefficient (Wildman–Crippen LogP) is 3.77. The number of aryl methyl sites for hydroxylation is 1. The highest BCUT2D eigenvalue weighted by atomic mass is 35.5. The number of aromatic nitrogens is 2. The molecular formula is C14H15ClFN3O. The molecule has 0 saturated carbocycles. The van der Waals surface area contributed by atoms with Gasteiger partial charge in [-0.25, -0.2) is 14.4 Å². The number of aromatic hydroxyl groups is 1. The summed E-state index contributed by atoms with van der Waals surface area (Å²) in [6.45, 7) is 4.20. The molecule has 4 nitrogen and oxygen atoms in total. The second kappa shape index (κ2) is 6.05. The van der Waals surface area contributed by atoms with Crippen LogP contribution in [0.5, 0.6) is 5.75 Å². The van der Waals surface area contributed by atoms with Crippen LogP contribution >= 0.6 is 11.6 Å². The van der Waals surface area contributed by atoms with Crippen molar-refractivity contribution in [3.05, 3.63) is 34.7 Å². The van der Waals surface area contributed by atoms with Crippen molar-refractivity contribution in [1.29, 1.82) is 0 Å². The lowest BCUT2D eigenvalue weighted by Gasteiger charge is -2.10. The topological polar surface area (TPSA) is 58.0 Å². The molecule has 0 saturated heterocycles. The van der Waals surface area contributed by atoms with Crippen molar-refractivity contribution < 1.29 is 9.50 Å². The molecule has 20 heavy (non-hydrogen) atoms. The van der Waals surface area contributed by atoms with E-state index in [0.29, 0.717) is 17.9 Å². The molecule has 2 aromatic rings. The zero-order chi connectivity index (χ0) is 14.7. The molecule has 0 fully saturated rings. The Hall–Kier alpha value is -1.88. The predicted molar refractivity (Wildman–Crippen MR) is 77.6 cm³/mol. The maximum atomic E-state index is 13.9. The lowest BCUT2D eigenvalue weighted by molar-refractivity contribution is 0.475. The van der Waals surface area contributed by atoms with Crippen molar-refractivity contribution in [2.75, 3.05) is 11.9 Å². The molecule has 1 aromatic heterocycles. The monoisotopic (exact) mass is 295 g/mol. The summed E-state index contributed by atoms with van der Waals surface area (Å²) in [6, 6.07) is 4.64. The summed E-state index contributed by atoms with van der Waals surface area (Å²) >= 11 is 5.86. The molecular weight excluding hydrogens is 281 g/mol. The van der Waals surface area contributed by atoms with Gasteiger partial charge in [-0.2, -0.15) is 0 Å². The fourth-order valence-corrected chi connectivity index (χ4v) is 1.88. The Morgan fingerprint density at radius 2 is 2.10 bits per heavy atom. The van der Waals surface area contributed by atoms with Gasteiger partial charge in [0.25, 0.3) is 0 Å². The Bertz CT molecular complexity index is 634. The van der Waals surface area contributed by atoms with E-state index in [2.05, 4.69) is 15.3 Å². The number of phenolic OH excluding ortho intramolecular Hbond substituents is 1. The smallest absolute Gasteiger partial charge is 0.186 e. The van der Waals surface area contributed by atoms with Crippen LogP contribution in [0.4, 0.5) is 10.2 Å². The van der Waals surface area contributed by atoms with E-state index in [9.17, 15) is 9.50 Å². The van der Waals surface area contributed by atoms with E-state index in [1.807, 2.05) is 6.92 Å². The van der Waals surface area contributed by atoms with E-state index in [1.165, 1.54) is 6.07 Å². The van der Waals surface area contributed by atoms with Gasteiger partial charge in [0.15, 0.2) is 17.5 Å². The van der Waals surface area contributed by atoms with E-state index in [1.54, 1.807) is 19.1 Å². The van der Waals surface area contributed by atoms with Gasteiger partial charge in [-0.05, 0) is 31.5 Å². The standard InChI is InChI=1S/C14H15ClFN3O/c1-3-6-17-14-12(16)8(2)18-13(19-14)9-4-5-11(20)10(15)7-9/h4-5,7,20H,3,6H2,1-2H3,(H,17,18,19). The second-order valence-electron chi connectivity index (χ2n) is 4.39. The first kappa shape index (κ1) is 14.5. The van der Waals surface area contributed by atoms with Crippen LogP contribution in [0.2, 0.25) is 5.02 Å². The first-order chi connectivity index (χ1) is 9.52. The number of rotatable bonds is 4. The molecule has 0 bridgehead atoms. The summed E-state index contributed by atoms with van der Waals surface area (Å²) in [7, 11) is 0. The van der Waals surface area contributed by atoms with Crippen molar-refractivity contribution >= 4 is 17.4 Å². The van der Waals surface area contributed by atoms with Crippen molar-refractivity contribution in [2.24, 2.45) is 0 Å². The molecule has 0 aliphatic rings. The van der Waals surface area contributed by atoms with Crippen LogP contribution in [0, 0.1) is 12.7 Å². The molecule has 0 amide bonds. The first-order valence-corrected chi connectivity index (χ1v) is 6.67. The van der Waals surface area contributed by atoms with Gasteiger partial charge in [0.2, 0.25) is 0 Å². The molecule has 106 valence electrons. The fourth-order valence-electron chi connectivity index (χ4n) is 1.69. The van der Waals surface area contributed by atoms with Crippen LogP contribution in [0.1, 0.15) is 19.0 Å². The molecule has 6 heteroatoms. The van der Waals surface area contributed by atoms with Gasteiger partial charge in [0, 0.05) is 12.1 Å². The van der Waals surface area contributed by atoms with Crippen molar-refractivity contribution in [2.45, 2.75) is 20.3 Å². The largest absolute Gasteiger partial charge is 0.506 e. The Morgan fingerprint density at radius 1 is 1.35 bits per heavy atom. The Kier molecular flexibility index (Phi) is 4.39. The number of hydrogen-bond acceptors (Lipinski definition) is 4. The minimum Gasteiger partial charge on any atom is -0.506 e. The van der Waals surface area contributed by atoms with E-state index in [4.69, 9.17) is 11.6 Å². The quantitative estimate of drug-likeness (QED) is 0.901. The number of phenols is 1. The fraction of sp³-hybridized carbons (Fsp3) is 0.286. The number of nitrogens with one attached hydrogen (secondary N) is 1. The average molecular weight is 296 g/mol. The highest BCUT2D eigenvalue weighted by Crippen LogP contribution is 2.29. The van der Waals surface area contributed by atoms with Crippen molar-refractivity contribution in [3.63, 3.8) is 0 Å². The number of nitrogens with zero attached hydrogens (tertiary/aromatic N) is 2. The minimum absolute atomic E-state index is 0.0152. The molecule has 0 aliphatic carbocycles. The maximum Gasteiger partial charge on any atom is 0.186 e. The molecule has 1 aromatic carbocycles.